The highest BCUT2D eigenvalue weighted by Gasteiger charge is 2.10. The SMILES string of the molecule is CCCc1cc(C(=O)NCc2csc(N(C)C)n2)cs1. The van der Waals surface area contributed by atoms with E-state index in [1.165, 1.54) is 4.88 Å². The molecule has 0 aliphatic rings. The number of thiazole rings is 1. The van der Waals surface area contributed by atoms with Crippen molar-refractivity contribution < 1.29 is 4.79 Å². The van der Waals surface area contributed by atoms with Crippen molar-refractivity contribution in [3.8, 4) is 0 Å². The molecule has 4 nitrogen and oxygen atoms in total. The van der Waals surface area contributed by atoms with E-state index in [1.807, 2.05) is 35.8 Å². The lowest BCUT2D eigenvalue weighted by Crippen LogP contribution is -2.22. The standard InChI is InChI=1S/C14H19N3OS2/c1-4-5-12-6-10(8-19-12)13(18)15-7-11-9-20-14(16-11)17(2)3/h6,8-9H,4-5,7H2,1-3H3,(H,15,18). The molecule has 0 fully saturated rings. The van der Waals surface area contributed by atoms with E-state index in [-0.39, 0.29) is 5.91 Å². The van der Waals surface area contributed by atoms with Gasteiger partial charge in [-0.15, -0.1) is 22.7 Å². The van der Waals surface area contributed by atoms with Gasteiger partial charge in [0, 0.05) is 29.7 Å². The van der Waals surface area contributed by atoms with Crippen LogP contribution in [0.1, 0.15) is 34.3 Å². The number of thiophene rings is 1. The van der Waals surface area contributed by atoms with E-state index in [9.17, 15) is 4.79 Å². The average molecular weight is 309 g/mol. The zero-order chi connectivity index (χ0) is 14.5. The van der Waals surface area contributed by atoms with E-state index in [0.717, 1.165) is 29.2 Å². The minimum absolute atomic E-state index is 0.0250. The lowest BCUT2D eigenvalue weighted by atomic mass is 10.2. The van der Waals surface area contributed by atoms with Crippen LogP contribution in [-0.4, -0.2) is 25.0 Å². The Morgan fingerprint density at radius 3 is 2.80 bits per heavy atom. The molecule has 0 saturated heterocycles. The van der Waals surface area contributed by atoms with Gasteiger partial charge in [-0.05, 0) is 12.5 Å². The highest BCUT2D eigenvalue weighted by atomic mass is 32.1. The number of nitrogens with zero attached hydrogens (tertiary/aromatic N) is 2. The molecule has 1 amide bonds. The summed E-state index contributed by atoms with van der Waals surface area (Å²) < 4.78 is 0. The van der Waals surface area contributed by atoms with E-state index in [2.05, 4.69) is 17.2 Å². The Kier molecular flexibility index (Phi) is 5.14. The van der Waals surface area contributed by atoms with Crippen molar-refractivity contribution in [3.05, 3.63) is 33.0 Å². The van der Waals surface area contributed by atoms with Crippen LogP contribution in [0, 0.1) is 0 Å². The molecule has 0 unspecified atom stereocenters. The summed E-state index contributed by atoms with van der Waals surface area (Å²) in [5.41, 5.74) is 1.65. The summed E-state index contributed by atoms with van der Waals surface area (Å²) in [6.07, 6.45) is 2.14. The minimum atomic E-state index is -0.0250. The van der Waals surface area contributed by atoms with E-state index >= 15 is 0 Å². The zero-order valence-electron chi connectivity index (χ0n) is 12.0. The fraction of sp³-hybridized carbons (Fsp3) is 0.429. The number of hydrogen-bond acceptors (Lipinski definition) is 5. The molecule has 2 aromatic heterocycles. The molecular weight excluding hydrogens is 290 g/mol. The Morgan fingerprint density at radius 1 is 1.35 bits per heavy atom. The van der Waals surface area contributed by atoms with Gasteiger partial charge in [0.25, 0.3) is 5.91 Å². The quantitative estimate of drug-likeness (QED) is 0.891. The summed E-state index contributed by atoms with van der Waals surface area (Å²) in [6, 6.07) is 1.98. The van der Waals surface area contributed by atoms with Gasteiger partial charge in [-0.2, -0.15) is 0 Å². The molecule has 2 heterocycles. The second kappa shape index (κ2) is 6.85. The fourth-order valence-corrected chi connectivity index (χ4v) is 3.46. The molecule has 20 heavy (non-hydrogen) atoms. The van der Waals surface area contributed by atoms with Gasteiger partial charge in [0.15, 0.2) is 5.13 Å². The number of carbonyl (C=O) groups excluding carboxylic acids is 1. The molecule has 0 aliphatic heterocycles. The summed E-state index contributed by atoms with van der Waals surface area (Å²) in [6.45, 7) is 2.62. The number of hydrogen-bond donors (Lipinski definition) is 1. The van der Waals surface area contributed by atoms with Crippen LogP contribution in [0.3, 0.4) is 0 Å². The highest BCUT2D eigenvalue weighted by Crippen LogP contribution is 2.19. The molecule has 2 aromatic rings. The first-order valence-corrected chi connectivity index (χ1v) is 8.33. The van der Waals surface area contributed by atoms with E-state index in [0.29, 0.717) is 6.54 Å². The van der Waals surface area contributed by atoms with Crippen LogP contribution >= 0.6 is 22.7 Å². The third-order valence-corrected chi connectivity index (χ3v) is 4.82. The lowest BCUT2D eigenvalue weighted by Gasteiger charge is -2.05. The van der Waals surface area contributed by atoms with Crippen LogP contribution in [-0.2, 0) is 13.0 Å². The second-order valence-electron chi connectivity index (χ2n) is 4.75. The maximum atomic E-state index is 12.0. The third-order valence-electron chi connectivity index (χ3n) is 2.76. The molecule has 0 radical (unpaired) electrons. The number of rotatable bonds is 6. The molecule has 0 saturated carbocycles. The average Bonchev–Trinajstić information content (AvgIpc) is 3.05. The normalized spacial score (nSPS) is 10.6. The summed E-state index contributed by atoms with van der Waals surface area (Å²) in [4.78, 5) is 19.7. The maximum absolute atomic E-state index is 12.0. The van der Waals surface area contributed by atoms with Gasteiger partial charge >= 0.3 is 0 Å². The number of anilines is 1. The zero-order valence-corrected chi connectivity index (χ0v) is 13.6. The van der Waals surface area contributed by atoms with Crippen molar-refractivity contribution in [2.45, 2.75) is 26.3 Å². The summed E-state index contributed by atoms with van der Waals surface area (Å²) in [5, 5.41) is 7.77. The van der Waals surface area contributed by atoms with E-state index in [4.69, 9.17) is 0 Å². The van der Waals surface area contributed by atoms with Crippen LogP contribution in [0.4, 0.5) is 5.13 Å². The Balaban J connectivity index is 1.90. The van der Waals surface area contributed by atoms with Crippen molar-refractivity contribution >= 4 is 33.7 Å². The van der Waals surface area contributed by atoms with Gasteiger partial charge in [-0.25, -0.2) is 4.98 Å². The summed E-state index contributed by atoms with van der Waals surface area (Å²) in [7, 11) is 3.92. The summed E-state index contributed by atoms with van der Waals surface area (Å²) in [5.74, 6) is -0.0250. The van der Waals surface area contributed by atoms with Crippen LogP contribution < -0.4 is 10.2 Å². The first-order chi connectivity index (χ1) is 9.60. The van der Waals surface area contributed by atoms with Crippen LogP contribution in [0.25, 0.3) is 0 Å². The second-order valence-corrected chi connectivity index (χ2v) is 6.58. The van der Waals surface area contributed by atoms with Crippen LogP contribution in [0.5, 0.6) is 0 Å². The van der Waals surface area contributed by atoms with Gasteiger partial charge < -0.3 is 10.2 Å². The predicted octanol–water partition coefficient (Wildman–Crippen LogP) is 3.15. The molecule has 0 bridgehead atoms. The monoisotopic (exact) mass is 309 g/mol. The Morgan fingerprint density at radius 2 is 2.15 bits per heavy atom. The minimum Gasteiger partial charge on any atom is -0.354 e. The maximum Gasteiger partial charge on any atom is 0.252 e. The third kappa shape index (κ3) is 3.80. The van der Waals surface area contributed by atoms with E-state index in [1.54, 1.807) is 22.7 Å². The molecule has 2 rings (SSSR count). The number of nitrogens with one attached hydrogen (secondary N) is 1. The Labute approximate surface area is 127 Å². The fourth-order valence-electron chi connectivity index (χ4n) is 1.73. The molecule has 0 aromatic carbocycles. The number of amides is 1. The summed E-state index contributed by atoms with van der Waals surface area (Å²) >= 11 is 3.23. The van der Waals surface area contributed by atoms with Crippen molar-refractivity contribution in [2.75, 3.05) is 19.0 Å². The highest BCUT2D eigenvalue weighted by molar-refractivity contribution is 7.13. The van der Waals surface area contributed by atoms with Crippen LogP contribution in [0.2, 0.25) is 0 Å². The molecule has 0 atom stereocenters. The van der Waals surface area contributed by atoms with E-state index < -0.39 is 0 Å². The molecule has 0 spiro atoms. The molecular formula is C14H19N3OS2. The van der Waals surface area contributed by atoms with Crippen molar-refractivity contribution in [2.24, 2.45) is 0 Å². The largest absolute Gasteiger partial charge is 0.354 e. The lowest BCUT2D eigenvalue weighted by molar-refractivity contribution is 0.0951. The molecule has 108 valence electrons. The molecule has 0 aliphatic carbocycles. The van der Waals surface area contributed by atoms with Crippen LogP contribution in [0.15, 0.2) is 16.8 Å². The topological polar surface area (TPSA) is 45.2 Å². The Hall–Kier alpha value is -1.40. The smallest absolute Gasteiger partial charge is 0.252 e. The number of aryl methyl sites for hydroxylation is 1. The molecule has 1 N–H and O–H groups in total. The van der Waals surface area contributed by atoms with Gasteiger partial charge in [0.1, 0.15) is 0 Å². The number of carbonyl (C=O) groups is 1. The van der Waals surface area contributed by atoms with Gasteiger partial charge in [0.2, 0.25) is 0 Å². The first-order valence-electron chi connectivity index (χ1n) is 6.57. The van der Waals surface area contributed by atoms with Gasteiger partial charge in [-0.3, -0.25) is 4.79 Å². The van der Waals surface area contributed by atoms with Crippen molar-refractivity contribution in [3.63, 3.8) is 0 Å². The van der Waals surface area contributed by atoms with Gasteiger partial charge in [-0.1, -0.05) is 13.3 Å². The van der Waals surface area contributed by atoms with Crippen molar-refractivity contribution in [1.82, 2.24) is 10.3 Å². The van der Waals surface area contributed by atoms with Crippen molar-refractivity contribution in [1.29, 1.82) is 0 Å². The predicted molar refractivity (Wildman–Crippen MR) is 85.9 cm³/mol. The van der Waals surface area contributed by atoms with Gasteiger partial charge in [0.05, 0.1) is 17.8 Å². The Bertz CT molecular complexity index is 574. The first kappa shape index (κ1) is 15.0. The number of aromatic nitrogens is 1. The molecule has 6 heteroatoms.